The normalized spacial score (nSPS) is 12.5. The van der Waals surface area contributed by atoms with Gasteiger partial charge in [-0.15, -0.1) is 0 Å². The second kappa shape index (κ2) is 6.34. The predicted molar refractivity (Wildman–Crippen MR) is 116 cm³/mol. The number of fused-ring (bicyclic) bond motifs is 3. The number of nitrogens with zero attached hydrogens (tertiary/aromatic N) is 1. The van der Waals surface area contributed by atoms with E-state index in [-0.39, 0.29) is 0 Å². The van der Waals surface area contributed by atoms with Crippen molar-refractivity contribution < 1.29 is 9.30 Å². The average Bonchev–Trinajstić information content (AvgIpc) is 2.71. The molecule has 0 aliphatic carbocycles. The van der Waals surface area contributed by atoms with Gasteiger partial charge in [-0.3, -0.25) is 0 Å². The Morgan fingerprint density at radius 2 is 1.75 bits per heavy atom. The highest BCUT2D eigenvalue weighted by Crippen LogP contribution is 2.47. The van der Waals surface area contributed by atoms with Gasteiger partial charge in [0.15, 0.2) is 5.75 Å². The molecule has 0 N–H and O–H groups in total. The molecule has 2 nitrogen and oxygen atoms in total. The molecule has 2 heteroatoms. The molecular weight excluding hydrogens is 342 g/mol. The van der Waals surface area contributed by atoms with Crippen molar-refractivity contribution in [2.24, 2.45) is 0 Å². The molecular formula is C26H26NO+. The summed E-state index contributed by atoms with van der Waals surface area (Å²) >= 11 is 0. The Labute approximate surface area is 166 Å². The van der Waals surface area contributed by atoms with Gasteiger partial charge in [0.2, 0.25) is 5.52 Å². The van der Waals surface area contributed by atoms with E-state index in [1.807, 2.05) is 0 Å². The molecule has 2 heterocycles. The van der Waals surface area contributed by atoms with E-state index in [1.165, 1.54) is 44.1 Å². The molecule has 1 aliphatic rings. The first kappa shape index (κ1) is 17.2. The van der Waals surface area contributed by atoms with Gasteiger partial charge in [0, 0.05) is 17.5 Å². The molecule has 0 amide bonds. The number of ether oxygens (including phenoxy) is 1. The van der Waals surface area contributed by atoms with Crippen LogP contribution >= 0.6 is 0 Å². The first-order valence-corrected chi connectivity index (χ1v) is 10.4. The summed E-state index contributed by atoms with van der Waals surface area (Å²) in [5.41, 5.74) is 6.60. The van der Waals surface area contributed by atoms with E-state index in [0.29, 0.717) is 5.92 Å². The molecule has 0 spiro atoms. The van der Waals surface area contributed by atoms with Gasteiger partial charge in [0.05, 0.1) is 10.9 Å². The summed E-state index contributed by atoms with van der Waals surface area (Å²) in [6.07, 6.45) is 1.01. The largest absolute Gasteiger partial charge is 0.450 e. The number of hydrogen-bond acceptors (Lipinski definition) is 1. The van der Waals surface area contributed by atoms with Crippen molar-refractivity contribution in [3.05, 3.63) is 65.7 Å². The molecule has 0 radical (unpaired) electrons. The lowest BCUT2D eigenvalue weighted by molar-refractivity contribution is -0.657. The van der Waals surface area contributed by atoms with Gasteiger partial charge < -0.3 is 4.74 Å². The SMILES string of the molecule is CCc1ccc2cccc3c2c1-c1c(cc2c(C(C)C)cccc2[n+]1CC)O3. The van der Waals surface area contributed by atoms with Crippen molar-refractivity contribution in [2.45, 2.75) is 46.6 Å². The molecule has 0 saturated carbocycles. The third kappa shape index (κ3) is 2.30. The predicted octanol–water partition coefficient (Wildman–Crippen LogP) is 6.76. The van der Waals surface area contributed by atoms with Crippen LogP contribution in [0, 0.1) is 0 Å². The minimum absolute atomic E-state index is 0.470. The molecule has 1 aliphatic heterocycles. The Balaban J connectivity index is 1.98. The lowest BCUT2D eigenvalue weighted by Gasteiger charge is -2.23. The van der Waals surface area contributed by atoms with Crippen molar-refractivity contribution in [1.82, 2.24) is 0 Å². The van der Waals surface area contributed by atoms with Crippen LogP contribution in [-0.2, 0) is 13.0 Å². The molecule has 0 atom stereocenters. The Morgan fingerprint density at radius 1 is 0.929 bits per heavy atom. The molecule has 3 aromatic carbocycles. The maximum absolute atomic E-state index is 6.51. The lowest BCUT2D eigenvalue weighted by atomic mass is 9.90. The number of aryl methyl sites for hydroxylation is 2. The van der Waals surface area contributed by atoms with E-state index in [1.54, 1.807) is 0 Å². The molecule has 0 unspecified atom stereocenters. The van der Waals surface area contributed by atoms with Crippen molar-refractivity contribution in [3.63, 3.8) is 0 Å². The maximum Gasteiger partial charge on any atom is 0.257 e. The topological polar surface area (TPSA) is 13.1 Å². The Bertz CT molecular complexity index is 1240. The van der Waals surface area contributed by atoms with Crippen molar-refractivity contribution in [3.8, 4) is 22.8 Å². The summed E-state index contributed by atoms with van der Waals surface area (Å²) in [5.74, 6) is 2.42. The van der Waals surface area contributed by atoms with Gasteiger partial charge in [0.1, 0.15) is 12.3 Å². The lowest BCUT2D eigenvalue weighted by Crippen LogP contribution is -2.37. The summed E-state index contributed by atoms with van der Waals surface area (Å²) in [4.78, 5) is 0. The van der Waals surface area contributed by atoms with Crippen LogP contribution in [0.15, 0.2) is 54.6 Å². The minimum atomic E-state index is 0.470. The molecule has 5 rings (SSSR count). The first-order chi connectivity index (χ1) is 13.6. The maximum atomic E-state index is 6.51. The Morgan fingerprint density at radius 3 is 2.50 bits per heavy atom. The van der Waals surface area contributed by atoms with Crippen LogP contribution in [0.5, 0.6) is 11.5 Å². The zero-order valence-corrected chi connectivity index (χ0v) is 17.0. The second-order valence-corrected chi connectivity index (χ2v) is 7.95. The molecule has 0 saturated heterocycles. The third-order valence-electron chi connectivity index (χ3n) is 6.06. The molecule has 0 bridgehead atoms. The monoisotopic (exact) mass is 368 g/mol. The number of benzene rings is 3. The van der Waals surface area contributed by atoms with E-state index in [4.69, 9.17) is 4.74 Å². The van der Waals surface area contributed by atoms with Crippen molar-refractivity contribution >= 4 is 21.7 Å². The van der Waals surface area contributed by atoms with Crippen LogP contribution in [0.2, 0.25) is 0 Å². The van der Waals surface area contributed by atoms with Crippen LogP contribution in [-0.4, -0.2) is 0 Å². The standard InChI is InChI=1S/C26H26NO/c1-5-17-13-14-18-9-7-12-22-24(18)25(17)26-23(28-22)15-20-19(16(3)4)10-8-11-21(20)27(26)6-2/h7-16H,5-6H2,1-4H3/q+1. The molecule has 140 valence electrons. The number of hydrogen-bond donors (Lipinski definition) is 0. The summed E-state index contributed by atoms with van der Waals surface area (Å²) < 4.78 is 8.96. The average molecular weight is 369 g/mol. The second-order valence-electron chi connectivity index (χ2n) is 7.95. The number of aromatic nitrogens is 1. The molecule has 1 aromatic heterocycles. The van der Waals surface area contributed by atoms with E-state index >= 15 is 0 Å². The summed E-state index contributed by atoms with van der Waals surface area (Å²) in [7, 11) is 0. The fraction of sp³-hybridized carbons (Fsp3) is 0.269. The van der Waals surface area contributed by atoms with Gasteiger partial charge in [-0.2, -0.15) is 4.57 Å². The number of pyridine rings is 1. The molecule has 0 fully saturated rings. The van der Waals surface area contributed by atoms with Crippen LogP contribution in [0.1, 0.15) is 44.7 Å². The highest BCUT2D eigenvalue weighted by atomic mass is 16.5. The number of rotatable bonds is 3. The van der Waals surface area contributed by atoms with Crippen LogP contribution in [0.4, 0.5) is 0 Å². The Hall–Kier alpha value is -2.87. The van der Waals surface area contributed by atoms with Crippen LogP contribution < -0.4 is 9.30 Å². The van der Waals surface area contributed by atoms with Gasteiger partial charge in [-0.1, -0.05) is 57.2 Å². The zero-order valence-electron chi connectivity index (χ0n) is 17.0. The van der Waals surface area contributed by atoms with Gasteiger partial charge in [0.25, 0.3) is 5.69 Å². The van der Waals surface area contributed by atoms with E-state index in [2.05, 4.69) is 86.9 Å². The summed E-state index contributed by atoms with van der Waals surface area (Å²) in [5, 5.41) is 3.78. The van der Waals surface area contributed by atoms with Gasteiger partial charge in [-0.05, 0) is 41.8 Å². The zero-order chi connectivity index (χ0) is 19.4. The van der Waals surface area contributed by atoms with Crippen LogP contribution in [0.3, 0.4) is 0 Å². The van der Waals surface area contributed by atoms with E-state index < -0.39 is 0 Å². The summed E-state index contributed by atoms with van der Waals surface area (Å²) in [6, 6.07) is 19.8. The van der Waals surface area contributed by atoms with E-state index in [9.17, 15) is 0 Å². The van der Waals surface area contributed by atoms with E-state index in [0.717, 1.165) is 24.5 Å². The quantitative estimate of drug-likeness (QED) is 0.321. The van der Waals surface area contributed by atoms with Crippen LogP contribution in [0.25, 0.3) is 32.9 Å². The minimum Gasteiger partial charge on any atom is -0.450 e. The fourth-order valence-electron chi connectivity index (χ4n) is 4.74. The summed E-state index contributed by atoms with van der Waals surface area (Å²) in [6.45, 7) is 9.90. The molecule has 28 heavy (non-hydrogen) atoms. The highest BCUT2D eigenvalue weighted by Gasteiger charge is 2.32. The first-order valence-electron chi connectivity index (χ1n) is 10.4. The fourth-order valence-corrected chi connectivity index (χ4v) is 4.74. The smallest absolute Gasteiger partial charge is 0.257 e. The highest BCUT2D eigenvalue weighted by molar-refractivity contribution is 6.04. The van der Waals surface area contributed by atoms with Gasteiger partial charge >= 0.3 is 0 Å². The van der Waals surface area contributed by atoms with Gasteiger partial charge in [-0.25, -0.2) is 0 Å². The van der Waals surface area contributed by atoms with Crippen molar-refractivity contribution in [2.75, 3.05) is 0 Å². The third-order valence-corrected chi connectivity index (χ3v) is 6.06. The van der Waals surface area contributed by atoms with Crippen molar-refractivity contribution in [1.29, 1.82) is 0 Å². The molecule has 4 aromatic rings. The Kier molecular flexibility index (Phi) is 3.90.